The van der Waals surface area contributed by atoms with Crippen LogP contribution < -0.4 is 4.74 Å². The second-order valence-corrected chi connectivity index (χ2v) is 4.35. The van der Waals surface area contributed by atoms with Gasteiger partial charge < -0.3 is 9.84 Å². The Morgan fingerprint density at radius 1 is 1.11 bits per heavy atom. The first-order valence-electron chi connectivity index (χ1n) is 6.11. The van der Waals surface area contributed by atoms with E-state index in [1.165, 1.54) is 0 Å². The molecule has 0 saturated heterocycles. The first-order chi connectivity index (χ1) is 9.20. The topological polar surface area (TPSA) is 46.5 Å². The first kappa shape index (κ1) is 13.1. The minimum atomic E-state index is -0.804. The predicted molar refractivity (Wildman–Crippen MR) is 73.5 cm³/mol. The number of aliphatic carboxylic acids is 1. The predicted octanol–water partition coefficient (Wildman–Crippen LogP) is 3.11. The van der Waals surface area contributed by atoms with E-state index in [9.17, 15) is 9.90 Å². The van der Waals surface area contributed by atoms with E-state index in [-0.39, 0.29) is 0 Å². The molecule has 0 fully saturated rings. The Bertz CT molecular complexity index is 532. The molecule has 2 aromatic carbocycles. The lowest BCUT2D eigenvalue weighted by Gasteiger charge is -2.13. The fourth-order valence-electron chi connectivity index (χ4n) is 2.03. The molecule has 0 aliphatic heterocycles. The summed E-state index contributed by atoms with van der Waals surface area (Å²) in [5, 5.41) is 9.36. The first-order valence-corrected chi connectivity index (χ1v) is 6.11. The Kier molecular flexibility index (Phi) is 4.18. The van der Waals surface area contributed by atoms with Crippen LogP contribution in [0.25, 0.3) is 0 Å². The number of benzene rings is 2. The highest BCUT2D eigenvalue weighted by molar-refractivity contribution is 5.76. The highest BCUT2D eigenvalue weighted by atomic mass is 16.5. The van der Waals surface area contributed by atoms with E-state index in [4.69, 9.17) is 4.74 Å². The van der Waals surface area contributed by atoms with Crippen LogP contribution in [0.4, 0.5) is 0 Å². The van der Waals surface area contributed by atoms with Gasteiger partial charge in [-0.1, -0.05) is 42.5 Å². The van der Waals surface area contributed by atoms with E-state index in [1.807, 2.05) is 54.6 Å². The van der Waals surface area contributed by atoms with Crippen molar-refractivity contribution in [2.45, 2.75) is 12.3 Å². The number of rotatable bonds is 5. The van der Waals surface area contributed by atoms with Crippen LogP contribution in [-0.4, -0.2) is 18.2 Å². The minimum absolute atomic E-state index is 0.476. The molecule has 0 unspecified atom stereocenters. The highest BCUT2D eigenvalue weighted by Gasteiger charge is 2.19. The Labute approximate surface area is 112 Å². The van der Waals surface area contributed by atoms with Crippen LogP contribution >= 0.6 is 0 Å². The van der Waals surface area contributed by atoms with Crippen molar-refractivity contribution < 1.29 is 14.6 Å². The van der Waals surface area contributed by atoms with E-state index >= 15 is 0 Å². The molecule has 0 spiro atoms. The van der Waals surface area contributed by atoms with Gasteiger partial charge in [-0.2, -0.15) is 0 Å². The quantitative estimate of drug-likeness (QED) is 0.894. The Morgan fingerprint density at radius 2 is 1.74 bits per heavy atom. The number of carboxylic acid groups (broad SMARTS) is 1. The van der Waals surface area contributed by atoms with Crippen molar-refractivity contribution in [2.24, 2.45) is 0 Å². The fraction of sp³-hybridized carbons (Fsp3) is 0.188. The SMILES string of the molecule is COc1ccc(C[C@H](C(=O)O)c2ccccc2)cc1. The van der Waals surface area contributed by atoms with Gasteiger partial charge in [-0.3, -0.25) is 4.79 Å². The maximum Gasteiger partial charge on any atom is 0.311 e. The van der Waals surface area contributed by atoms with Gasteiger partial charge in [0.1, 0.15) is 5.75 Å². The van der Waals surface area contributed by atoms with Crippen molar-refractivity contribution in [1.29, 1.82) is 0 Å². The van der Waals surface area contributed by atoms with Gasteiger partial charge in [0.15, 0.2) is 0 Å². The zero-order valence-electron chi connectivity index (χ0n) is 10.7. The van der Waals surface area contributed by atoms with Crippen molar-refractivity contribution in [3.8, 4) is 5.75 Å². The normalized spacial score (nSPS) is 11.8. The maximum absolute atomic E-state index is 11.4. The third-order valence-corrected chi connectivity index (χ3v) is 3.10. The number of carboxylic acids is 1. The van der Waals surface area contributed by atoms with Crippen LogP contribution in [0.3, 0.4) is 0 Å². The lowest BCUT2D eigenvalue weighted by Crippen LogP contribution is -2.14. The van der Waals surface area contributed by atoms with Crippen molar-refractivity contribution in [1.82, 2.24) is 0 Å². The van der Waals surface area contributed by atoms with E-state index in [1.54, 1.807) is 7.11 Å². The summed E-state index contributed by atoms with van der Waals surface area (Å²) >= 11 is 0. The number of hydrogen-bond donors (Lipinski definition) is 1. The molecule has 0 radical (unpaired) electrons. The standard InChI is InChI=1S/C16H16O3/c1-19-14-9-7-12(8-10-14)11-15(16(17)18)13-5-3-2-4-6-13/h2-10,15H,11H2,1H3,(H,17,18)/t15-/m0/s1. The molecule has 3 nitrogen and oxygen atoms in total. The largest absolute Gasteiger partial charge is 0.497 e. The molecule has 1 atom stereocenters. The van der Waals surface area contributed by atoms with Gasteiger partial charge in [0.2, 0.25) is 0 Å². The molecular weight excluding hydrogens is 240 g/mol. The molecule has 3 heteroatoms. The van der Waals surface area contributed by atoms with Crippen molar-refractivity contribution in [3.63, 3.8) is 0 Å². The monoisotopic (exact) mass is 256 g/mol. The van der Waals surface area contributed by atoms with Crippen LogP contribution in [-0.2, 0) is 11.2 Å². The molecule has 19 heavy (non-hydrogen) atoms. The van der Waals surface area contributed by atoms with Crippen molar-refractivity contribution in [2.75, 3.05) is 7.11 Å². The van der Waals surface area contributed by atoms with Crippen LogP contribution in [0, 0.1) is 0 Å². The summed E-state index contributed by atoms with van der Waals surface area (Å²) in [6.45, 7) is 0. The number of methoxy groups -OCH3 is 1. The third kappa shape index (κ3) is 3.35. The van der Waals surface area contributed by atoms with Gasteiger partial charge in [0, 0.05) is 0 Å². The van der Waals surface area contributed by atoms with Gasteiger partial charge in [-0.15, -0.1) is 0 Å². The zero-order valence-corrected chi connectivity index (χ0v) is 10.7. The summed E-state index contributed by atoms with van der Waals surface area (Å²) in [7, 11) is 1.61. The molecule has 0 aromatic heterocycles. The minimum Gasteiger partial charge on any atom is -0.497 e. The average molecular weight is 256 g/mol. The summed E-state index contributed by atoms with van der Waals surface area (Å²) in [5.74, 6) is -0.549. The van der Waals surface area contributed by atoms with Gasteiger partial charge in [-0.05, 0) is 29.7 Å². The molecule has 0 saturated carbocycles. The van der Waals surface area contributed by atoms with E-state index in [0.29, 0.717) is 6.42 Å². The van der Waals surface area contributed by atoms with Crippen LogP contribution in [0.5, 0.6) is 5.75 Å². The average Bonchev–Trinajstić information content (AvgIpc) is 2.46. The molecular formula is C16H16O3. The number of ether oxygens (including phenoxy) is 1. The van der Waals surface area contributed by atoms with Gasteiger partial charge in [-0.25, -0.2) is 0 Å². The molecule has 2 aromatic rings. The molecule has 1 N–H and O–H groups in total. The smallest absolute Gasteiger partial charge is 0.311 e. The fourth-order valence-corrected chi connectivity index (χ4v) is 2.03. The van der Waals surface area contributed by atoms with E-state index < -0.39 is 11.9 Å². The molecule has 0 aliphatic rings. The summed E-state index contributed by atoms with van der Waals surface area (Å²) in [5.41, 5.74) is 1.81. The van der Waals surface area contributed by atoms with Gasteiger partial charge in [0.25, 0.3) is 0 Å². The molecule has 0 bridgehead atoms. The molecule has 0 aliphatic carbocycles. The van der Waals surface area contributed by atoms with Crippen molar-refractivity contribution in [3.05, 3.63) is 65.7 Å². The second kappa shape index (κ2) is 6.05. The summed E-state index contributed by atoms with van der Waals surface area (Å²) in [4.78, 5) is 11.4. The Balaban J connectivity index is 2.19. The van der Waals surface area contributed by atoms with Gasteiger partial charge in [0.05, 0.1) is 13.0 Å². The van der Waals surface area contributed by atoms with Crippen LogP contribution in [0.15, 0.2) is 54.6 Å². The highest BCUT2D eigenvalue weighted by Crippen LogP contribution is 2.22. The molecule has 2 rings (SSSR count). The number of hydrogen-bond acceptors (Lipinski definition) is 2. The Morgan fingerprint density at radius 3 is 2.26 bits per heavy atom. The van der Waals surface area contributed by atoms with Crippen LogP contribution in [0.1, 0.15) is 17.0 Å². The van der Waals surface area contributed by atoms with E-state index in [2.05, 4.69) is 0 Å². The zero-order chi connectivity index (χ0) is 13.7. The summed E-state index contributed by atoms with van der Waals surface area (Å²) < 4.78 is 5.09. The third-order valence-electron chi connectivity index (χ3n) is 3.10. The summed E-state index contributed by atoms with van der Waals surface area (Å²) in [6, 6.07) is 16.8. The van der Waals surface area contributed by atoms with E-state index in [0.717, 1.165) is 16.9 Å². The van der Waals surface area contributed by atoms with Crippen molar-refractivity contribution >= 4 is 5.97 Å². The lowest BCUT2D eigenvalue weighted by molar-refractivity contribution is -0.138. The molecule has 0 amide bonds. The second-order valence-electron chi connectivity index (χ2n) is 4.35. The van der Waals surface area contributed by atoms with Crippen LogP contribution in [0.2, 0.25) is 0 Å². The lowest BCUT2D eigenvalue weighted by atomic mass is 9.92. The number of carbonyl (C=O) groups is 1. The maximum atomic E-state index is 11.4. The molecule has 0 heterocycles. The summed E-state index contributed by atoms with van der Waals surface area (Å²) in [6.07, 6.45) is 0.476. The Hall–Kier alpha value is -2.29. The van der Waals surface area contributed by atoms with Gasteiger partial charge >= 0.3 is 5.97 Å². The molecule has 98 valence electrons.